The number of hydrogen-bond acceptors (Lipinski definition) is 3. The molecule has 0 bridgehead atoms. The molecule has 0 spiro atoms. The first-order valence-corrected chi connectivity index (χ1v) is 15.2. The SMILES string of the molecule is C[Si](C)(C)OCC1(CO[Si](C)(C)C)COC1.Cc1ccccc1. The summed E-state index contributed by atoms with van der Waals surface area (Å²) in [6.45, 7) is 18.6. The molecular weight excluding hydrogens is 320 g/mol. The van der Waals surface area contributed by atoms with Crippen molar-refractivity contribution in [2.75, 3.05) is 26.4 Å². The van der Waals surface area contributed by atoms with Crippen LogP contribution in [0.25, 0.3) is 0 Å². The first-order chi connectivity index (χ1) is 10.5. The Bertz CT molecular complexity index is 426. The van der Waals surface area contributed by atoms with Gasteiger partial charge in [-0.1, -0.05) is 35.9 Å². The molecule has 1 heterocycles. The summed E-state index contributed by atoms with van der Waals surface area (Å²) in [5, 5.41) is 0. The van der Waals surface area contributed by atoms with Gasteiger partial charge in [0, 0.05) is 13.2 Å². The molecule has 1 aliphatic heterocycles. The second kappa shape index (κ2) is 8.58. The van der Waals surface area contributed by atoms with E-state index in [1.54, 1.807) is 0 Å². The second-order valence-electron chi connectivity index (χ2n) is 8.45. The maximum Gasteiger partial charge on any atom is 0.183 e. The number of benzene rings is 1. The van der Waals surface area contributed by atoms with Crippen LogP contribution in [-0.2, 0) is 13.6 Å². The molecule has 1 aromatic carbocycles. The third kappa shape index (κ3) is 9.42. The minimum Gasteiger partial charge on any atom is -0.417 e. The molecular formula is C18H34O3Si2. The molecule has 2 rings (SSSR count). The maximum absolute atomic E-state index is 6.00. The van der Waals surface area contributed by atoms with E-state index >= 15 is 0 Å². The standard InChI is InChI=1S/C11H26O3Si2.C7H8/c1-15(2,3)13-9-11(7-12-8-11)10-14-16(4,5)6;1-7-5-3-2-4-6-7/h7-10H2,1-6H3;2-6H,1H3. The Morgan fingerprint density at radius 1 is 0.870 bits per heavy atom. The Labute approximate surface area is 144 Å². The molecule has 1 fully saturated rings. The van der Waals surface area contributed by atoms with Crippen LogP contribution in [0.1, 0.15) is 5.56 Å². The predicted molar refractivity (Wildman–Crippen MR) is 103 cm³/mol. The van der Waals surface area contributed by atoms with Gasteiger partial charge < -0.3 is 13.6 Å². The Morgan fingerprint density at radius 3 is 1.52 bits per heavy atom. The molecule has 1 aliphatic rings. The molecule has 0 unspecified atom stereocenters. The van der Waals surface area contributed by atoms with E-state index in [2.05, 4.69) is 58.3 Å². The Balaban J connectivity index is 0.000000313. The molecule has 3 nitrogen and oxygen atoms in total. The number of hydrogen-bond donors (Lipinski definition) is 0. The van der Waals surface area contributed by atoms with Gasteiger partial charge in [-0.05, 0) is 46.2 Å². The van der Waals surface area contributed by atoms with Gasteiger partial charge in [-0.3, -0.25) is 0 Å². The quantitative estimate of drug-likeness (QED) is 0.693. The molecule has 0 amide bonds. The van der Waals surface area contributed by atoms with Crippen molar-refractivity contribution >= 4 is 16.6 Å². The van der Waals surface area contributed by atoms with Crippen molar-refractivity contribution in [3.05, 3.63) is 35.9 Å². The minimum atomic E-state index is -1.42. The van der Waals surface area contributed by atoms with E-state index in [0.29, 0.717) is 0 Å². The highest BCUT2D eigenvalue weighted by Crippen LogP contribution is 2.30. The van der Waals surface area contributed by atoms with Crippen molar-refractivity contribution in [1.82, 2.24) is 0 Å². The van der Waals surface area contributed by atoms with Crippen LogP contribution < -0.4 is 0 Å². The molecule has 1 saturated heterocycles. The van der Waals surface area contributed by atoms with Gasteiger partial charge in [0.15, 0.2) is 16.6 Å². The lowest BCUT2D eigenvalue weighted by Crippen LogP contribution is -2.53. The van der Waals surface area contributed by atoms with E-state index in [0.717, 1.165) is 26.4 Å². The summed E-state index contributed by atoms with van der Waals surface area (Å²) in [4.78, 5) is 0. The van der Waals surface area contributed by atoms with E-state index in [4.69, 9.17) is 13.6 Å². The van der Waals surface area contributed by atoms with Crippen LogP contribution in [0.5, 0.6) is 0 Å². The summed E-state index contributed by atoms with van der Waals surface area (Å²) in [5.41, 5.74) is 1.46. The predicted octanol–water partition coefficient (Wildman–Crippen LogP) is 4.70. The minimum absolute atomic E-state index is 0.139. The lowest BCUT2D eigenvalue weighted by atomic mass is 9.88. The summed E-state index contributed by atoms with van der Waals surface area (Å²) in [7, 11) is -2.85. The Morgan fingerprint density at radius 2 is 1.30 bits per heavy atom. The van der Waals surface area contributed by atoms with Crippen molar-refractivity contribution in [2.24, 2.45) is 5.41 Å². The summed E-state index contributed by atoms with van der Waals surface area (Å²) >= 11 is 0. The van der Waals surface area contributed by atoms with Gasteiger partial charge in [0.2, 0.25) is 0 Å². The zero-order chi connectivity index (χ0) is 17.6. The first kappa shape index (κ1) is 20.6. The van der Waals surface area contributed by atoms with Crippen LogP contribution in [0.3, 0.4) is 0 Å². The summed E-state index contributed by atoms with van der Waals surface area (Å²) in [5.74, 6) is 0. The lowest BCUT2D eigenvalue weighted by molar-refractivity contribution is -0.151. The van der Waals surface area contributed by atoms with Gasteiger partial charge in [0.1, 0.15) is 0 Å². The Kier molecular flexibility index (Phi) is 7.67. The van der Waals surface area contributed by atoms with Crippen molar-refractivity contribution in [3.63, 3.8) is 0 Å². The van der Waals surface area contributed by atoms with Gasteiger partial charge in [0.05, 0.1) is 18.6 Å². The highest BCUT2D eigenvalue weighted by Gasteiger charge is 2.41. The third-order valence-corrected chi connectivity index (χ3v) is 5.40. The summed E-state index contributed by atoms with van der Waals surface area (Å²) < 4.78 is 17.3. The highest BCUT2D eigenvalue weighted by atomic mass is 28.4. The molecule has 23 heavy (non-hydrogen) atoms. The zero-order valence-corrected chi connectivity index (χ0v) is 17.9. The van der Waals surface area contributed by atoms with E-state index in [9.17, 15) is 0 Å². The molecule has 0 atom stereocenters. The average Bonchev–Trinajstić information content (AvgIpc) is 2.36. The number of ether oxygens (including phenoxy) is 1. The van der Waals surface area contributed by atoms with Gasteiger partial charge in [-0.25, -0.2) is 0 Å². The van der Waals surface area contributed by atoms with Crippen LogP contribution in [-0.4, -0.2) is 43.1 Å². The van der Waals surface area contributed by atoms with E-state index in [1.165, 1.54) is 5.56 Å². The normalized spacial score (nSPS) is 17.0. The molecule has 5 heteroatoms. The monoisotopic (exact) mass is 354 g/mol. The summed E-state index contributed by atoms with van der Waals surface area (Å²) in [6.07, 6.45) is 0. The zero-order valence-electron chi connectivity index (χ0n) is 15.9. The van der Waals surface area contributed by atoms with Gasteiger partial charge in [0.25, 0.3) is 0 Å². The van der Waals surface area contributed by atoms with Crippen LogP contribution in [0.15, 0.2) is 30.3 Å². The summed E-state index contributed by atoms with van der Waals surface area (Å²) in [6, 6.07) is 10.3. The van der Waals surface area contributed by atoms with Crippen LogP contribution in [0.2, 0.25) is 39.3 Å². The molecule has 0 N–H and O–H groups in total. The number of rotatable bonds is 6. The molecule has 1 aromatic rings. The van der Waals surface area contributed by atoms with Crippen molar-refractivity contribution in [3.8, 4) is 0 Å². The van der Waals surface area contributed by atoms with Crippen molar-refractivity contribution < 1.29 is 13.6 Å². The third-order valence-electron chi connectivity index (χ3n) is 3.38. The second-order valence-corrected chi connectivity index (χ2v) is 17.5. The van der Waals surface area contributed by atoms with Crippen molar-refractivity contribution in [2.45, 2.75) is 46.2 Å². The maximum atomic E-state index is 6.00. The van der Waals surface area contributed by atoms with Gasteiger partial charge in [-0.2, -0.15) is 0 Å². The molecule has 0 saturated carbocycles. The fraction of sp³-hybridized carbons (Fsp3) is 0.667. The topological polar surface area (TPSA) is 27.7 Å². The highest BCUT2D eigenvalue weighted by molar-refractivity contribution is 6.70. The van der Waals surface area contributed by atoms with Crippen LogP contribution >= 0.6 is 0 Å². The fourth-order valence-electron chi connectivity index (χ4n) is 1.87. The van der Waals surface area contributed by atoms with E-state index in [1.807, 2.05) is 18.2 Å². The average molecular weight is 355 g/mol. The van der Waals surface area contributed by atoms with Gasteiger partial charge >= 0.3 is 0 Å². The van der Waals surface area contributed by atoms with Crippen molar-refractivity contribution in [1.29, 1.82) is 0 Å². The molecule has 132 valence electrons. The van der Waals surface area contributed by atoms with Crippen LogP contribution in [0, 0.1) is 12.3 Å². The van der Waals surface area contributed by atoms with E-state index < -0.39 is 16.6 Å². The molecule has 0 aromatic heterocycles. The number of aryl methyl sites for hydroxylation is 1. The lowest BCUT2D eigenvalue weighted by Gasteiger charge is -2.43. The molecule has 0 aliphatic carbocycles. The smallest absolute Gasteiger partial charge is 0.183 e. The fourth-order valence-corrected chi connectivity index (χ4v) is 3.35. The Hall–Kier alpha value is -0.466. The largest absolute Gasteiger partial charge is 0.417 e. The van der Waals surface area contributed by atoms with E-state index in [-0.39, 0.29) is 5.41 Å². The first-order valence-electron chi connectivity index (χ1n) is 8.39. The molecule has 0 radical (unpaired) electrons. The van der Waals surface area contributed by atoms with Crippen LogP contribution in [0.4, 0.5) is 0 Å². The van der Waals surface area contributed by atoms with Gasteiger partial charge in [-0.15, -0.1) is 0 Å².